The van der Waals surface area contributed by atoms with E-state index in [0.29, 0.717) is 5.25 Å². The molecule has 0 aliphatic rings. The number of hydrogen-bond acceptors (Lipinski definition) is 3. The molecular formula is C15H22S3. The number of hydrogen-bond donors (Lipinski definition) is 0. The van der Waals surface area contributed by atoms with Crippen LogP contribution in [0.15, 0.2) is 30.3 Å². The molecule has 1 aromatic rings. The first kappa shape index (κ1) is 16.1. The van der Waals surface area contributed by atoms with E-state index in [4.69, 9.17) is 12.2 Å². The van der Waals surface area contributed by atoms with Gasteiger partial charge in [0.05, 0.1) is 0 Å². The summed E-state index contributed by atoms with van der Waals surface area (Å²) in [5.74, 6) is 1.17. The molecule has 0 heterocycles. The molecule has 0 saturated carbocycles. The van der Waals surface area contributed by atoms with E-state index in [0.717, 1.165) is 3.53 Å². The quantitative estimate of drug-likeness (QED) is 0.442. The molecule has 1 atom stereocenters. The molecule has 0 saturated heterocycles. The van der Waals surface area contributed by atoms with Crippen LogP contribution in [0.4, 0.5) is 0 Å². The summed E-state index contributed by atoms with van der Waals surface area (Å²) in [7, 11) is 0. The zero-order valence-electron chi connectivity index (χ0n) is 11.2. The van der Waals surface area contributed by atoms with E-state index < -0.39 is 0 Å². The van der Waals surface area contributed by atoms with Crippen LogP contribution in [-0.4, -0.2) is 9.28 Å². The van der Waals surface area contributed by atoms with E-state index in [1.54, 1.807) is 0 Å². The Hall–Kier alpha value is 0.01000. The first-order valence-electron chi connectivity index (χ1n) is 6.62. The Bertz CT molecular complexity index is 335. The summed E-state index contributed by atoms with van der Waals surface area (Å²) in [6.45, 7) is 4.47. The lowest BCUT2D eigenvalue weighted by molar-refractivity contribution is 0.707. The van der Waals surface area contributed by atoms with Crippen LogP contribution in [0, 0.1) is 0 Å². The predicted molar refractivity (Wildman–Crippen MR) is 91.6 cm³/mol. The Kier molecular flexibility index (Phi) is 8.82. The summed E-state index contributed by atoms with van der Waals surface area (Å²) in [6.07, 6.45) is 5.28. The Labute approximate surface area is 125 Å². The average molecular weight is 299 g/mol. The van der Waals surface area contributed by atoms with Crippen LogP contribution >= 0.6 is 35.7 Å². The van der Waals surface area contributed by atoms with E-state index in [2.05, 4.69) is 44.2 Å². The number of rotatable bonds is 7. The third-order valence-electron chi connectivity index (χ3n) is 2.76. The monoisotopic (exact) mass is 298 g/mol. The number of thioether (sulfide) groups is 2. The molecule has 100 valence electrons. The lowest BCUT2D eigenvalue weighted by Crippen LogP contribution is -1.92. The maximum absolute atomic E-state index is 5.43. The van der Waals surface area contributed by atoms with Gasteiger partial charge in [0.2, 0.25) is 0 Å². The summed E-state index contributed by atoms with van der Waals surface area (Å²) in [6, 6.07) is 10.6. The molecule has 1 aromatic carbocycles. The third-order valence-corrected chi connectivity index (χ3v) is 5.59. The lowest BCUT2D eigenvalue weighted by Gasteiger charge is -2.11. The van der Waals surface area contributed by atoms with Gasteiger partial charge in [-0.3, -0.25) is 0 Å². The molecule has 0 aromatic heterocycles. The number of thiocarbonyl (C=S) groups is 1. The normalized spacial score (nSPS) is 12.3. The van der Waals surface area contributed by atoms with Crippen molar-refractivity contribution in [2.45, 2.75) is 44.8 Å². The van der Waals surface area contributed by atoms with E-state index >= 15 is 0 Å². The van der Waals surface area contributed by atoms with Gasteiger partial charge < -0.3 is 0 Å². The van der Waals surface area contributed by atoms with Crippen molar-refractivity contribution in [2.24, 2.45) is 0 Å². The maximum atomic E-state index is 5.43. The standard InChI is InChI=1S/C15H22S3/c1-3-4-5-9-12-17-15(16)18-13(2)14-10-7-6-8-11-14/h6-8,10-11,13H,3-5,9,12H2,1-2H3. The van der Waals surface area contributed by atoms with Crippen molar-refractivity contribution in [3.05, 3.63) is 35.9 Å². The van der Waals surface area contributed by atoms with Crippen LogP contribution < -0.4 is 0 Å². The van der Waals surface area contributed by atoms with E-state index in [1.807, 2.05) is 23.5 Å². The Morgan fingerprint density at radius 3 is 2.56 bits per heavy atom. The summed E-state index contributed by atoms with van der Waals surface area (Å²) in [5.41, 5.74) is 1.36. The minimum Gasteiger partial charge on any atom is -0.108 e. The molecule has 0 bridgehead atoms. The van der Waals surface area contributed by atoms with Crippen LogP contribution in [0.3, 0.4) is 0 Å². The molecule has 1 unspecified atom stereocenters. The largest absolute Gasteiger partial charge is 0.108 e. The van der Waals surface area contributed by atoms with Crippen LogP contribution in [0.5, 0.6) is 0 Å². The minimum atomic E-state index is 0.460. The Morgan fingerprint density at radius 1 is 1.17 bits per heavy atom. The van der Waals surface area contributed by atoms with Gasteiger partial charge in [-0.1, -0.05) is 80.5 Å². The summed E-state index contributed by atoms with van der Waals surface area (Å²) in [4.78, 5) is 0. The SMILES string of the molecule is CCCCCCSC(=S)SC(C)c1ccccc1. The van der Waals surface area contributed by atoms with E-state index in [9.17, 15) is 0 Å². The molecule has 1 rings (SSSR count). The average Bonchev–Trinajstić information content (AvgIpc) is 2.39. The summed E-state index contributed by atoms with van der Waals surface area (Å²) in [5, 5.41) is 0.460. The van der Waals surface area contributed by atoms with Crippen molar-refractivity contribution >= 4 is 39.3 Å². The van der Waals surface area contributed by atoms with Crippen molar-refractivity contribution in [1.29, 1.82) is 0 Å². The predicted octanol–water partition coefficient (Wildman–Crippen LogP) is 6.08. The van der Waals surface area contributed by atoms with Crippen molar-refractivity contribution in [2.75, 3.05) is 5.75 Å². The van der Waals surface area contributed by atoms with Gasteiger partial charge in [-0.25, -0.2) is 0 Å². The molecule has 0 nitrogen and oxygen atoms in total. The molecule has 0 N–H and O–H groups in total. The van der Waals surface area contributed by atoms with Crippen LogP contribution in [0.1, 0.15) is 50.3 Å². The first-order valence-corrected chi connectivity index (χ1v) is 8.89. The highest BCUT2D eigenvalue weighted by Crippen LogP contribution is 2.33. The van der Waals surface area contributed by atoms with Gasteiger partial charge in [-0.05, 0) is 24.7 Å². The molecular weight excluding hydrogens is 276 g/mol. The van der Waals surface area contributed by atoms with Gasteiger partial charge in [0.1, 0.15) is 3.53 Å². The van der Waals surface area contributed by atoms with Crippen LogP contribution in [0.25, 0.3) is 0 Å². The fourth-order valence-corrected chi connectivity index (χ4v) is 4.39. The van der Waals surface area contributed by atoms with Gasteiger partial charge in [0.25, 0.3) is 0 Å². The lowest BCUT2D eigenvalue weighted by atomic mass is 10.2. The zero-order chi connectivity index (χ0) is 13.2. The fourth-order valence-electron chi connectivity index (χ4n) is 1.65. The van der Waals surface area contributed by atoms with Crippen LogP contribution in [-0.2, 0) is 0 Å². The van der Waals surface area contributed by atoms with Crippen molar-refractivity contribution in [3.8, 4) is 0 Å². The molecule has 0 aliphatic heterocycles. The maximum Gasteiger partial charge on any atom is 0.104 e. The smallest absolute Gasteiger partial charge is 0.104 e. The summed E-state index contributed by atoms with van der Waals surface area (Å²) < 4.78 is 1.09. The molecule has 0 radical (unpaired) electrons. The van der Waals surface area contributed by atoms with Gasteiger partial charge >= 0.3 is 0 Å². The highest BCUT2D eigenvalue weighted by Gasteiger charge is 2.08. The van der Waals surface area contributed by atoms with Crippen molar-refractivity contribution in [3.63, 3.8) is 0 Å². The van der Waals surface area contributed by atoms with Crippen LogP contribution in [0.2, 0.25) is 0 Å². The van der Waals surface area contributed by atoms with Crippen molar-refractivity contribution < 1.29 is 0 Å². The number of benzene rings is 1. The molecule has 0 spiro atoms. The Balaban J connectivity index is 2.20. The van der Waals surface area contributed by atoms with E-state index in [-0.39, 0.29) is 0 Å². The second-order valence-corrected chi connectivity index (χ2v) is 7.97. The molecule has 0 amide bonds. The van der Waals surface area contributed by atoms with Gasteiger partial charge in [0, 0.05) is 5.25 Å². The zero-order valence-corrected chi connectivity index (χ0v) is 13.7. The topological polar surface area (TPSA) is 0 Å². The van der Waals surface area contributed by atoms with Gasteiger partial charge in [0.15, 0.2) is 0 Å². The van der Waals surface area contributed by atoms with E-state index in [1.165, 1.54) is 37.0 Å². The first-order chi connectivity index (χ1) is 8.74. The fraction of sp³-hybridized carbons (Fsp3) is 0.533. The second kappa shape index (κ2) is 9.88. The third kappa shape index (κ3) is 6.81. The van der Waals surface area contributed by atoms with Gasteiger partial charge in [-0.2, -0.15) is 0 Å². The van der Waals surface area contributed by atoms with Gasteiger partial charge in [-0.15, -0.1) is 11.8 Å². The molecule has 0 aliphatic carbocycles. The molecule has 18 heavy (non-hydrogen) atoms. The number of unbranched alkanes of at least 4 members (excludes halogenated alkanes) is 3. The highest BCUT2D eigenvalue weighted by molar-refractivity contribution is 8.47. The molecule has 0 fully saturated rings. The Morgan fingerprint density at radius 2 is 1.89 bits per heavy atom. The highest BCUT2D eigenvalue weighted by atomic mass is 32.2. The van der Waals surface area contributed by atoms with Crippen molar-refractivity contribution in [1.82, 2.24) is 0 Å². The second-order valence-electron chi connectivity index (χ2n) is 4.33. The minimum absolute atomic E-state index is 0.460. The molecule has 3 heteroatoms. The summed E-state index contributed by atoms with van der Waals surface area (Å²) >= 11 is 9.09.